The van der Waals surface area contributed by atoms with Gasteiger partial charge in [-0.15, -0.1) is 0 Å². The van der Waals surface area contributed by atoms with Gasteiger partial charge in [0.1, 0.15) is 0 Å². The van der Waals surface area contributed by atoms with Gasteiger partial charge in [-0.05, 0) is 46.9 Å². The molecule has 1 aliphatic heterocycles. The molecule has 0 radical (unpaired) electrons. The molecule has 28 heavy (non-hydrogen) atoms. The Bertz CT molecular complexity index is 1110. The number of para-hydroxylation sites is 1. The summed E-state index contributed by atoms with van der Waals surface area (Å²) in [7, 11) is 2.02. The number of pyridine rings is 1. The first-order chi connectivity index (χ1) is 13.5. The smallest absolute Gasteiger partial charge is 0.163 e. The molecule has 0 N–H and O–H groups in total. The van der Waals surface area contributed by atoms with Crippen LogP contribution in [-0.2, 0) is 6.54 Å². The Morgan fingerprint density at radius 3 is 2.54 bits per heavy atom. The zero-order valence-corrected chi connectivity index (χ0v) is 16.4. The van der Waals surface area contributed by atoms with E-state index >= 15 is 0 Å². The number of rotatable bonds is 4. The second-order valence-corrected chi connectivity index (χ2v) is 7.23. The summed E-state index contributed by atoms with van der Waals surface area (Å²) in [6.07, 6.45) is 2.17. The van der Waals surface area contributed by atoms with Crippen LogP contribution in [0.25, 0.3) is 11.1 Å². The van der Waals surface area contributed by atoms with E-state index in [1.807, 2.05) is 13.9 Å². The Morgan fingerprint density at radius 2 is 1.75 bits per heavy atom. The molecule has 0 atom stereocenters. The van der Waals surface area contributed by atoms with Crippen molar-refractivity contribution in [1.82, 2.24) is 4.98 Å². The molecule has 0 bridgehead atoms. The van der Waals surface area contributed by atoms with Gasteiger partial charge in [0.15, 0.2) is 7.85 Å². The summed E-state index contributed by atoms with van der Waals surface area (Å²) >= 11 is 0. The van der Waals surface area contributed by atoms with Crippen LogP contribution in [0, 0.1) is 6.92 Å². The summed E-state index contributed by atoms with van der Waals surface area (Å²) < 4.78 is 0. The Morgan fingerprint density at radius 1 is 1.00 bits per heavy atom. The standard InChI is InChI=1S/C25H23BN2/c1-17-9-4-5-11-21(17)18(2)23-16-28(15-20-10-8-14-25(26)27-20)24-13-7-6-12-22(24)19(23)3/h4-14,16H,2-3,15,26H2,1H3. The number of hydrogen-bond donors (Lipinski definition) is 0. The van der Waals surface area contributed by atoms with Gasteiger partial charge in [-0.2, -0.15) is 0 Å². The topological polar surface area (TPSA) is 16.1 Å². The van der Waals surface area contributed by atoms with Gasteiger partial charge in [0.2, 0.25) is 0 Å². The summed E-state index contributed by atoms with van der Waals surface area (Å²) in [6, 6.07) is 22.9. The minimum absolute atomic E-state index is 0.705. The lowest BCUT2D eigenvalue weighted by atomic mass is 9.86. The average Bonchev–Trinajstić information content (AvgIpc) is 2.70. The van der Waals surface area contributed by atoms with Crippen molar-refractivity contribution in [2.45, 2.75) is 13.5 Å². The second kappa shape index (κ2) is 7.36. The summed E-state index contributed by atoms with van der Waals surface area (Å²) in [4.78, 5) is 6.94. The van der Waals surface area contributed by atoms with Gasteiger partial charge in [0.05, 0.1) is 12.2 Å². The van der Waals surface area contributed by atoms with E-state index in [9.17, 15) is 0 Å². The van der Waals surface area contributed by atoms with Gasteiger partial charge >= 0.3 is 0 Å². The van der Waals surface area contributed by atoms with E-state index in [0.29, 0.717) is 6.54 Å². The van der Waals surface area contributed by atoms with Crippen molar-refractivity contribution in [1.29, 1.82) is 0 Å². The highest BCUT2D eigenvalue weighted by Gasteiger charge is 2.23. The highest BCUT2D eigenvalue weighted by atomic mass is 15.1. The number of nitrogens with zero attached hydrogens (tertiary/aromatic N) is 2. The highest BCUT2D eigenvalue weighted by Crippen LogP contribution is 2.41. The van der Waals surface area contributed by atoms with Crippen molar-refractivity contribution in [2.75, 3.05) is 4.90 Å². The Kier molecular flexibility index (Phi) is 4.74. The first-order valence-corrected chi connectivity index (χ1v) is 9.49. The second-order valence-electron chi connectivity index (χ2n) is 7.23. The number of hydrogen-bond acceptors (Lipinski definition) is 2. The molecule has 0 fully saturated rings. The van der Waals surface area contributed by atoms with Crippen LogP contribution in [0.3, 0.4) is 0 Å². The first kappa shape index (κ1) is 18.1. The van der Waals surface area contributed by atoms with E-state index < -0.39 is 0 Å². The monoisotopic (exact) mass is 362 g/mol. The fourth-order valence-corrected chi connectivity index (χ4v) is 3.74. The molecular weight excluding hydrogens is 339 g/mol. The molecule has 1 aromatic heterocycles. The minimum atomic E-state index is 0.705. The normalized spacial score (nSPS) is 13.1. The molecule has 0 amide bonds. The molecule has 3 aromatic rings. The molecule has 0 aliphatic carbocycles. The van der Waals surface area contributed by atoms with Crippen LogP contribution in [0.5, 0.6) is 0 Å². The molecule has 0 saturated heterocycles. The first-order valence-electron chi connectivity index (χ1n) is 9.49. The van der Waals surface area contributed by atoms with Crippen LogP contribution in [-0.4, -0.2) is 12.8 Å². The molecule has 3 heteroatoms. The predicted molar refractivity (Wildman–Crippen MR) is 122 cm³/mol. The molecule has 2 aromatic carbocycles. The quantitative estimate of drug-likeness (QED) is 0.644. The largest absolute Gasteiger partial charge is 0.341 e. The van der Waals surface area contributed by atoms with E-state index in [4.69, 9.17) is 0 Å². The number of fused-ring (bicyclic) bond motifs is 1. The molecule has 0 spiro atoms. The third-order valence-corrected chi connectivity index (χ3v) is 5.22. The molecule has 136 valence electrons. The molecule has 2 heterocycles. The third-order valence-electron chi connectivity index (χ3n) is 5.22. The van der Waals surface area contributed by atoms with Gasteiger partial charge in [0, 0.05) is 23.0 Å². The van der Waals surface area contributed by atoms with E-state index in [1.54, 1.807) is 0 Å². The van der Waals surface area contributed by atoms with E-state index in [2.05, 4.69) is 96.8 Å². The Balaban J connectivity index is 1.78. The SMILES string of the molecule is Bc1cccc(CN2C=C(C(=C)c3ccccc3C)C(=C)c3ccccc32)n1. The van der Waals surface area contributed by atoms with Crippen molar-refractivity contribution >= 4 is 30.3 Å². The lowest BCUT2D eigenvalue weighted by Crippen LogP contribution is -2.23. The van der Waals surface area contributed by atoms with Gasteiger partial charge in [-0.3, -0.25) is 4.98 Å². The lowest BCUT2D eigenvalue weighted by Gasteiger charge is -2.31. The Labute approximate surface area is 168 Å². The number of anilines is 1. The van der Waals surface area contributed by atoms with Crippen LogP contribution in [0.1, 0.15) is 22.4 Å². The molecule has 1 aliphatic rings. The van der Waals surface area contributed by atoms with Crippen LogP contribution in [0.4, 0.5) is 5.69 Å². The van der Waals surface area contributed by atoms with Crippen molar-refractivity contribution in [3.05, 3.63) is 114 Å². The molecule has 0 saturated carbocycles. The zero-order chi connectivity index (χ0) is 19.7. The summed E-state index contributed by atoms with van der Waals surface area (Å²) in [5.41, 5.74) is 9.81. The van der Waals surface area contributed by atoms with Crippen molar-refractivity contribution in [3.8, 4) is 0 Å². The summed E-state index contributed by atoms with van der Waals surface area (Å²) in [6.45, 7) is 11.6. The van der Waals surface area contributed by atoms with E-state index in [-0.39, 0.29) is 0 Å². The van der Waals surface area contributed by atoms with Crippen molar-refractivity contribution < 1.29 is 0 Å². The summed E-state index contributed by atoms with van der Waals surface area (Å²) in [5, 5.41) is 0. The predicted octanol–water partition coefficient (Wildman–Crippen LogP) is 4.28. The van der Waals surface area contributed by atoms with Gasteiger partial charge in [0.25, 0.3) is 0 Å². The number of allylic oxidation sites excluding steroid dienone is 3. The van der Waals surface area contributed by atoms with Crippen LogP contribution in [0.15, 0.2) is 91.7 Å². The van der Waals surface area contributed by atoms with Crippen molar-refractivity contribution in [2.24, 2.45) is 0 Å². The fourth-order valence-electron chi connectivity index (χ4n) is 3.74. The van der Waals surface area contributed by atoms with Crippen LogP contribution >= 0.6 is 0 Å². The molecule has 4 rings (SSSR count). The van der Waals surface area contributed by atoms with E-state index in [1.165, 1.54) is 5.56 Å². The lowest BCUT2D eigenvalue weighted by molar-refractivity contribution is 0.917. The summed E-state index contributed by atoms with van der Waals surface area (Å²) in [5.74, 6) is 0. The maximum absolute atomic E-state index is 4.69. The molecular formula is C25H23BN2. The zero-order valence-electron chi connectivity index (χ0n) is 16.4. The number of aromatic nitrogens is 1. The fraction of sp³-hybridized carbons (Fsp3) is 0.0800. The highest BCUT2D eigenvalue weighted by molar-refractivity contribution is 6.30. The van der Waals surface area contributed by atoms with Gasteiger partial charge in [-0.1, -0.05) is 67.8 Å². The van der Waals surface area contributed by atoms with Crippen LogP contribution < -0.4 is 10.5 Å². The van der Waals surface area contributed by atoms with Gasteiger partial charge < -0.3 is 4.90 Å². The van der Waals surface area contributed by atoms with Crippen molar-refractivity contribution in [3.63, 3.8) is 0 Å². The molecule has 0 unspecified atom stereocenters. The third kappa shape index (κ3) is 3.32. The minimum Gasteiger partial charge on any atom is -0.341 e. The van der Waals surface area contributed by atoms with Crippen LogP contribution in [0.2, 0.25) is 0 Å². The maximum Gasteiger partial charge on any atom is 0.163 e. The Hall–Kier alpha value is -3.33. The van der Waals surface area contributed by atoms with E-state index in [0.717, 1.165) is 44.8 Å². The number of benzene rings is 2. The molecule has 2 nitrogen and oxygen atoms in total. The van der Waals surface area contributed by atoms with Gasteiger partial charge in [-0.25, -0.2) is 0 Å². The average molecular weight is 362 g/mol. The number of aryl methyl sites for hydroxylation is 1. The maximum atomic E-state index is 4.69.